The maximum atomic E-state index is 12.8. The van der Waals surface area contributed by atoms with Crippen LogP contribution in [0.4, 0.5) is 5.69 Å². The molecule has 1 aliphatic heterocycles. The van der Waals surface area contributed by atoms with Gasteiger partial charge in [0.05, 0.1) is 23.6 Å². The van der Waals surface area contributed by atoms with E-state index in [0.29, 0.717) is 37.4 Å². The molecule has 0 N–H and O–H groups in total. The standard InChI is InChI=1S/C30H29N3O3/c1-2-36-29(35)19-22-15-16-33(28(34)18-22)21-23-13-14-26(20-31)27(17-23)32-30(24-9-5-3-6-10-24)25-11-7-4-8-12-25/h3-14,17,22H,2,15-16,18-19,21H2,1H3. The van der Waals surface area contributed by atoms with Gasteiger partial charge in [-0.25, -0.2) is 4.99 Å². The largest absolute Gasteiger partial charge is 0.466 e. The van der Waals surface area contributed by atoms with Gasteiger partial charge in [0.15, 0.2) is 0 Å². The average molecular weight is 480 g/mol. The van der Waals surface area contributed by atoms with Gasteiger partial charge in [-0.1, -0.05) is 66.7 Å². The molecular weight excluding hydrogens is 450 g/mol. The first kappa shape index (κ1) is 24.9. The van der Waals surface area contributed by atoms with Gasteiger partial charge in [0.1, 0.15) is 6.07 Å². The Morgan fingerprint density at radius 1 is 1.06 bits per heavy atom. The van der Waals surface area contributed by atoms with Crippen molar-refractivity contribution in [3.05, 3.63) is 101 Å². The molecule has 6 nitrogen and oxygen atoms in total. The summed E-state index contributed by atoms with van der Waals surface area (Å²) in [6.45, 7) is 3.15. The zero-order valence-electron chi connectivity index (χ0n) is 20.4. The number of amides is 1. The fourth-order valence-corrected chi connectivity index (χ4v) is 4.43. The number of hydrogen-bond donors (Lipinski definition) is 0. The molecule has 0 aromatic heterocycles. The number of nitriles is 1. The van der Waals surface area contributed by atoms with Gasteiger partial charge in [-0.2, -0.15) is 5.26 Å². The van der Waals surface area contributed by atoms with Crippen molar-refractivity contribution in [2.24, 2.45) is 10.9 Å². The summed E-state index contributed by atoms with van der Waals surface area (Å²) in [6.07, 6.45) is 1.38. The van der Waals surface area contributed by atoms with E-state index in [2.05, 4.69) is 6.07 Å². The van der Waals surface area contributed by atoms with Crippen molar-refractivity contribution >= 4 is 23.3 Å². The van der Waals surface area contributed by atoms with Gasteiger partial charge in [0, 0.05) is 37.1 Å². The first-order valence-corrected chi connectivity index (χ1v) is 12.2. The Morgan fingerprint density at radius 3 is 2.31 bits per heavy atom. The second kappa shape index (κ2) is 11.9. The molecule has 1 saturated heterocycles. The number of piperidine rings is 1. The Hall–Kier alpha value is -4.24. The number of benzene rings is 3. The van der Waals surface area contributed by atoms with E-state index in [4.69, 9.17) is 9.73 Å². The molecule has 4 rings (SSSR count). The molecule has 1 heterocycles. The van der Waals surface area contributed by atoms with Gasteiger partial charge in [-0.3, -0.25) is 9.59 Å². The number of likely N-dealkylation sites (tertiary alicyclic amines) is 1. The SMILES string of the molecule is CCOC(=O)CC1CCN(Cc2ccc(C#N)c(N=C(c3ccccc3)c3ccccc3)c2)C(=O)C1. The van der Waals surface area contributed by atoms with Crippen LogP contribution in [0.15, 0.2) is 83.9 Å². The van der Waals surface area contributed by atoms with Crippen LogP contribution in [-0.4, -0.2) is 35.6 Å². The monoisotopic (exact) mass is 479 g/mol. The molecule has 0 bridgehead atoms. The molecule has 1 amide bonds. The zero-order chi connectivity index (χ0) is 25.3. The van der Waals surface area contributed by atoms with Crippen LogP contribution in [0.2, 0.25) is 0 Å². The van der Waals surface area contributed by atoms with Crippen molar-refractivity contribution in [3.8, 4) is 6.07 Å². The lowest BCUT2D eigenvalue weighted by molar-refractivity contribution is -0.145. The highest BCUT2D eigenvalue weighted by atomic mass is 16.5. The molecule has 0 spiro atoms. The third-order valence-electron chi connectivity index (χ3n) is 6.27. The summed E-state index contributed by atoms with van der Waals surface area (Å²) in [5.74, 6) is -0.196. The Bertz CT molecular complexity index is 1240. The number of carbonyl (C=O) groups excluding carboxylic acids is 2. The van der Waals surface area contributed by atoms with Crippen LogP contribution in [0, 0.1) is 17.2 Å². The molecule has 1 atom stereocenters. The molecule has 182 valence electrons. The summed E-state index contributed by atoms with van der Waals surface area (Å²) < 4.78 is 5.03. The fraction of sp³-hybridized carbons (Fsp3) is 0.267. The summed E-state index contributed by atoms with van der Waals surface area (Å²) >= 11 is 0. The van der Waals surface area contributed by atoms with Crippen molar-refractivity contribution in [3.63, 3.8) is 0 Å². The van der Waals surface area contributed by atoms with Crippen molar-refractivity contribution in [1.82, 2.24) is 4.90 Å². The fourth-order valence-electron chi connectivity index (χ4n) is 4.43. The number of nitrogens with zero attached hydrogens (tertiary/aromatic N) is 3. The van der Waals surface area contributed by atoms with Gasteiger partial charge in [0.25, 0.3) is 0 Å². The van der Waals surface area contributed by atoms with E-state index < -0.39 is 0 Å². The number of hydrogen-bond acceptors (Lipinski definition) is 5. The van der Waals surface area contributed by atoms with Crippen LogP contribution in [0.3, 0.4) is 0 Å². The average Bonchev–Trinajstić information content (AvgIpc) is 2.90. The lowest BCUT2D eigenvalue weighted by atomic mass is 9.92. The van der Waals surface area contributed by atoms with Gasteiger partial charge >= 0.3 is 5.97 Å². The van der Waals surface area contributed by atoms with Crippen LogP contribution in [-0.2, 0) is 20.9 Å². The zero-order valence-corrected chi connectivity index (χ0v) is 20.4. The first-order chi connectivity index (χ1) is 17.6. The molecule has 1 fully saturated rings. The van der Waals surface area contributed by atoms with Crippen LogP contribution in [0.1, 0.15) is 48.4 Å². The number of aliphatic imine (C=N–C) groups is 1. The Morgan fingerprint density at radius 2 is 1.72 bits per heavy atom. The highest BCUT2D eigenvalue weighted by Crippen LogP contribution is 2.27. The van der Waals surface area contributed by atoms with Gasteiger partial charge in [0.2, 0.25) is 5.91 Å². The van der Waals surface area contributed by atoms with Gasteiger partial charge < -0.3 is 9.64 Å². The molecule has 3 aromatic rings. The van der Waals surface area contributed by atoms with Crippen molar-refractivity contribution in [2.45, 2.75) is 32.7 Å². The molecule has 1 unspecified atom stereocenters. The Balaban J connectivity index is 1.57. The lowest BCUT2D eigenvalue weighted by Crippen LogP contribution is -2.38. The van der Waals surface area contributed by atoms with E-state index in [1.54, 1.807) is 13.0 Å². The van der Waals surface area contributed by atoms with E-state index >= 15 is 0 Å². The van der Waals surface area contributed by atoms with Crippen LogP contribution >= 0.6 is 0 Å². The van der Waals surface area contributed by atoms with Gasteiger partial charge in [-0.15, -0.1) is 0 Å². The third-order valence-corrected chi connectivity index (χ3v) is 6.27. The molecule has 0 radical (unpaired) electrons. The molecule has 0 saturated carbocycles. The predicted octanol–water partition coefficient (Wildman–Crippen LogP) is 5.42. The van der Waals surface area contributed by atoms with Crippen LogP contribution in [0.25, 0.3) is 0 Å². The van der Waals surface area contributed by atoms with Crippen LogP contribution in [0.5, 0.6) is 0 Å². The minimum atomic E-state index is -0.244. The summed E-state index contributed by atoms with van der Waals surface area (Å²) in [4.78, 5) is 31.3. The van der Waals surface area contributed by atoms with E-state index in [9.17, 15) is 14.9 Å². The summed E-state index contributed by atoms with van der Waals surface area (Å²) in [5.41, 5.74) is 4.64. The smallest absolute Gasteiger partial charge is 0.306 e. The minimum absolute atomic E-state index is 0.0215. The lowest BCUT2D eigenvalue weighted by Gasteiger charge is -2.31. The van der Waals surface area contributed by atoms with Crippen molar-refractivity contribution in [1.29, 1.82) is 5.26 Å². The van der Waals surface area contributed by atoms with Crippen molar-refractivity contribution < 1.29 is 14.3 Å². The summed E-state index contributed by atoms with van der Waals surface area (Å²) in [5, 5.41) is 9.74. The molecule has 0 aliphatic carbocycles. The Kier molecular flexibility index (Phi) is 8.25. The maximum absolute atomic E-state index is 12.8. The number of ether oxygens (including phenoxy) is 1. The van der Waals surface area contributed by atoms with Crippen LogP contribution < -0.4 is 0 Å². The predicted molar refractivity (Wildman–Crippen MR) is 139 cm³/mol. The highest BCUT2D eigenvalue weighted by molar-refractivity contribution is 6.14. The number of carbonyl (C=O) groups is 2. The first-order valence-electron chi connectivity index (χ1n) is 12.2. The second-order valence-electron chi connectivity index (χ2n) is 8.84. The van der Waals surface area contributed by atoms with E-state index in [0.717, 1.165) is 28.8 Å². The number of esters is 1. The molecule has 1 aliphatic rings. The minimum Gasteiger partial charge on any atom is -0.466 e. The second-order valence-corrected chi connectivity index (χ2v) is 8.84. The third kappa shape index (κ3) is 6.25. The summed E-state index contributed by atoms with van der Waals surface area (Å²) in [6, 6.07) is 27.6. The number of rotatable bonds is 8. The van der Waals surface area contributed by atoms with E-state index in [1.807, 2.05) is 77.7 Å². The molecule has 6 heteroatoms. The van der Waals surface area contributed by atoms with E-state index in [1.165, 1.54) is 0 Å². The normalized spacial score (nSPS) is 15.2. The quantitative estimate of drug-likeness (QED) is 0.319. The van der Waals surface area contributed by atoms with E-state index in [-0.39, 0.29) is 24.2 Å². The maximum Gasteiger partial charge on any atom is 0.306 e. The Labute approximate surface area is 211 Å². The van der Waals surface area contributed by atoms with Gasteiger partial charge in [-0.05, 0) is 37.0 Å². The summed E-state index contributed by atoms with van der Waals surface area (Å²) in [7, 11) is 0. The molecular formula is C30H29N3O3. The van der Waals surface area contributed by atoms with Crippen molar-refractivity contribution in [2.75, 3.05) is 13.2 Å². The molecule has 36 heavy (non-hydrogen) atoms. The highest BCUT2D eigenvalue weighted by Gasteiger charge is 2.28. The topological polar surface area (TPSA) is 82.8 Å². The molecule has 3 aromatic carbocycles.